The van der Waals surface area contributed by atoms with Gasteiger partial charge in [-0.1, -0.05) is 37.8 Å². The predicted octanol–water partition coefficient (Wildman–Crippen LogP) is 1.53. The van der Waals surface area contributed by atoms with Gasteiger partial charge in [0.1, 0.15) is 5.75 Å². The second-order valence-corrected chi connectivity index (χ2v) is 6.01. The summed E-state index contributed by atoms with van der Waals surface area (Å²) in [6, 6.07) is 6.27. The minimum atomic E-state index is -1.50. The Bertz CT molecular complexity index is 445. The lowest BCUT2D eigenvalue weighted by molar-refractivity contribution is 0.213. The van der Waals surface area contributed by atoms with Crippen molar-refractivity contribution >= 4 is 12.6 Å². The maximum Gasteiger partial charge on any atom is 0.492 e. The Morgan fingerprint density at radius 3 is 2.43 bits per heavy atom. The van der Waals surface area contributed by atoms with E-state index in [0.717, 1.165) is 12.1 Å². The lowest BCUT2D eigenvalue weighted by atomic mass is 9.78. The summed E-state index contributed by atoms with van der Waals surface area (Å²) in [6.45, 7) is 0.828. The van der Waals surface area contributed by atoms with Gasteiger partial charge in [-0.15, -0.1) is 0 Å². The van der Waals surface area contributed by atoms with E-state index in [1.165, 1.54) is 38.5 Å². The van der Waals surface area contributed by atoms with Crippen molar-refractivity contribution < 1.29 is 14.8 Å². The molecule has 1 aromatic rings. The van der Waals surface area contributed by atoms with Gasteiger partial charge in [0.15, 0.2) is 0 Å². The van der Waals surface area contributed by atoms with Gasteiger partial charge in [0.2, 0.25) is 0 Å². The van der Waals surface area contributed by atoms with Gasteiger partial charge in [-0.3, -0.25) is 4.90 Å². The molecule has 116 valence electrons. The van der Waals surface area contributed by atoms with Gasteiger partial charge in [0.05, 0.1) is 7.11 Å². The number of hydrogen-bond donors (Lipinski definition) is 2. The second kappa shape index (κ2) is 7.83. The summed E-state index contributed by atoms with van der Waals surface area (Å²) < 4.78 is 5.17. The summed E-state index contributed by atoms with van der Waals surface area (Å²) in [7, 11) is 2.21. The number of benzene rings is 1. The molecule has 0 spiro atoms. The smallest absolute Gasteiger partial charge is 0.492 e. The number of rotatable bonds is 5. The Morgan fingerprint density at radius 1 is 1.19 bits per heavy atom. The normalized spacial score (nSPS) is 16.8. The molecule has 1 aromatic carbocycles. The first-order valence-electron chi connectivity index (χ1n) is 7.85. The molecule has 2 N–H and O–H groups in total. The van der Waals surface area contributed by atoms with E-state index in [-0.39, 0.29) is 0 Å². The Morgan fingerprint density at radius 2 is 1.86 bits per heavy atom. The molecule has 1 saturated carbocycles. The number of methoxy groups -OCH3 is 1. The summed E-state index contributed by atoms with van der Waals surface area (Å²) in [5, 5.41) is 18.9. The molecule has 0 amide bonds. The van der Waals surface area contributed by atoms with Crippen LogP contribution in [0.5, 0.6) is 5.75 Å². The Kier molecular flexibility index (Phi) is 6.09. The maximum absolute atomic E-state index is 9.44. The lowest BCUT2D eigenvalue weighted by Gasteiger charge is -2.27. The molecule has 0 aromatic heterocycles. The SMILES string of the molecule is COc1ccc(CN(C)C2CCCCCC2)cc1B(O)O. The highest BCUT2D eigenvalue weighted by Crippen LogP contribution is 2.22. The fourth-order valence-corrected chi connectivity index (χ4v) is 3.20. The monoisotopic (exact) mass is 291 g/mol. The molecule has 0 bridgehead atoms. The molecule has 0 unspecified atom stereocenters. The standard InChI is InChI=1S/C16H26BNO3/c1-18(14-7-5-3-4-6-8-14)12-13-9-10-16(21-2)15(11-13)17(19)20/h9-11,14,19-20H,3-8,12H2,1-2H3. The van der Waals surface area contributed by atoms with Gasteiger partial charge < -0.3 is 14.8 Å². The Balaban J connectivity index is 2.06. The third-order valence-electron chi connectivity index (χ3n) is 4.45. The number of ether oxygens (including phenoxy) is 1. The van der Waals surface area contributed by atoms with Gasteiger partial charge >= 0.3 is 7.12 Å². The van der Waals surface area contributed by atoms with E-state index in [1.54, 1.807) is 7.11 Å². The van der Waals surface area contributed by atoms with E-state index in [2.05, 4.69) is 11.9 Å². The van der Waals surface area contributed by atoms with Gasteiger partial charge in [0.25, 0.3) is 0 Å². The molecule has 0 saturated heterocycles. The molecular weight excluding hydrogens is 265 g/mol. The van der Waals surface area contributed by atoms with Gasteiger partial charge in [0, 0.05) is 18.0 Å². The van der Waals surface area contributed by atoms with Crippen molar-refractivity contribution in [1.82, 2.24) is 4.90 Å². The highest BCUT2D eigenvalue weighted by molar-refractivity contribution is 6.59. The first kappa shape index (κ1) is 16.3. The first-order chi connectivity index (χ1) is 10.1. The molecule has 4 nitrogen and oxygen atoms in total. The summed E-state index contributed by atoms with van der Waals surface area (Å²) in [6.07, 6.45) is 7.88. The highest BCUT2D eigenvalue weighted by atomic mass is 16.5. The first-order valence-corrected chi connectivity index (χ1v) is 7.85. The summed E-state index contributed by atoms with van der Waals surface area (Å²) in [5.74, 6) is 0.519. The van der Waals surface area contributed by atoms with Crippen LogP contribution in [0.25, 0.3) is 0 Å². The quantitative estimate of drug-likeness (QED) is 0.638. The fourth-order valence-electron chi connectivity index (χ4n) is 3.20. The van der Waals surface area contributed by atoms with Crippen molar-refractivity contribution in [3.8, 4) is 5.75 Å². The van der Waals surface area contributed by atoms with Crippen LogP contribution in [0.3, 0.4) is 0 Å². The lowest BCUT2D eigenvalue weighted by Crippen LogP contribution is -2.33. The van der Waals surface area contributed by atoms with E-state index in [1.807, 2.05) is 18.2 Å². The van der Waals surface area contributed by atoms with Crippen LogP contribution in [0.1, 0.15) is 44.1 Å². The third-order valence-corrected chi connectivity index (χ3v) is 4.45. The third kappa shape index (κ3) is 4.46. The van der Waals surface area contributed by atoms with E-state index >= 15 is 0 Å². The molecular formula is C16H26BNO3. The van der Waals surface area contributed by atoms with Gasteiger partial charge in [-0.05, 0) is 31.5 Å². The van der Waals surface area contributed by atoms with Gasteiger partial charge in [-0.25, -0.2) is 0 Å². The fraction of sp³-hybridized carbons (Fsp3) is 0.625. The average Bonchev–Trinajstić information content (AvgIpc) is 2.76. The van der Waals surface area contributed by atoms with Crippen LogP contribution in [-0.4, -0.2) is 42.3 Å². The van der Waals surface area contributed by atoms with Crippen molar-refractivity contribution in [3.05, 3.63) is 23.8 Å². The van der Waals surface area contributed by atoms with Crippen molar-refractivity contribution in [1.29, 1.82) is 0 Å². The predicted molar refractivity (Wildman–Crippen MR) is 85.8 cm³/mol. The van der Waals surface area contributed by atoms with E-state index in [0.29, 0.717) is 17.3 Å². The van der Waals surface area contributed by atoms with Crippen molar-refractivity contribution in [3.63, 3.8) is 0 Å². The molecule has 2 rings (SSSR count). The van der Waals surface area contributed by atoms with Crippen molar-refractivity contribution in [2.24, 2.45) is 0 Å². The second-order valence-electron chi connectivity index (χ2n) is 6.01. The largest absolute Gasteiger partial charge is 0.497 e. The van der Waals surface area contributed by atoms with Crippen LogP contribution in [0.2, 0.25) is 0 Å². The molecule has 1 fully saturated rings. The summed E-state index contributed by atoms with van der Waals surface area (Å²) in [4.78, 5) is 2.39. The topological polar surface area (TPSA) is 52.9 Å². The van der Waals surface area contributed by atoms with E-state index in [9.17, 15) is 10.0 Å². The van der Waals surface area contributed by atoms with Crippen LogP contribution >= 0.6 is 0 Å². The van der Waals surface area contributed by atoms with Crippen molar-refractivity contribution in [2.45, 2.75) is 51.1 Å². The molecule has 21 heavy (non-hydrogen) atoms. The molecule has 1 aliphatic rings. The molecule has 0 atom stereocenters. The molecule has 0 heterocycles. The van der Waals surface area contributed by atoms with Crippen molar-refractivity contribution in [2.75, 3.05) is 14.2 Å². The van der Waals surface area contributed by atoms with Crippen LogP contribution in [0.4, 0.5) is 0 Å². The zero-order valence-corrected chi connectivity index (χ0v) is 13.1. The molecule has 0 radical (unpaired) electrons. The Labute approximate surface area is 127 Å². The van der Waals surface area contributed by atoms with Gasteiger partial charge in [-0.2, -0.15) is 0 Å². The van der Waals surface area contributed by atoms with Crippen LogP contribution in [0, 0.1) is 0 Å². The number of hydrogen-bond acceptors (Lipinski definition) is 4. The minimum Gasteiger partial charge on any atom is -0.497 e. The Hall–Kier alpha value is -1.04. The van der Waals surface area contributed by atoms with E-state index in [4.69, 9.17) is 4.74 Å². The zero-order chi connectivity index (χ0) is 15.2. The highest BCUT2D eigenvalue weighted by Gasteiger charge is 2.20. The van der Waals surface area contributed by atoms with Crippen LogP contribution in [0.15, 0.2) is 18.2 Å². The molecule has 5 heteroatoms. The van der Waals surface area contributed by atoms with Crippen LogP contribution in [-0.2, 0) is 6.54 Å². The summed E-state index contributed by atoms with van der Waals surface area (Å²) >= 11 is 0. The average molecular weight is 291 g/mol. The maximum atomic E-state index is 9.44. The van der Waals surface area contributed by atoms with E-state index < -0.39 is 7.12 Å². The van der Waals surface area contributed by atoms with Crippen LogP contribution < -0.4 is 10.2 Å². The molecule has 0 aliphatic heterocycles. The minimum absolute atomic E-state index is 0.435. The summed E-state index contributed by atoms with van der Waals surface area (Å²) in [5.41, 5.74) is 1.52. The zero-order valence-electron chi connectivity index (χ0n) is 13.1. The number of nitrogens with zero attached hydrogens (tertiary/aromatic N) is 1. The molecule has 1 aliphatic carbocycles.